The Hall–Kier alpha value is -3.12. The van der Waals surface area contributed by atoms with Gasteiger partial charge in [0, 0.05) is 24.6 Å². The normalized spacial score (nSPS) is 11.9. The van der Waals surface area contributed by atoms with E-state index in [-0.39, 0.29) is 0 Å². The van der Waals surface area contributed by atoms with E-state index in [1.807, 2.05) is 50.5 Å². The third-order valence-electron chi connectivity index (χ3n) is 5.86. The Kier molecular flexibility index (Phi) is 5.59. The van der Waals surface area contributed by atoms with E-state index in [1.54, 1.807) is 6.33 Å². The van der Waals surface area contributed by atoms with E-state index >= 15 is 0 Å². The van der Waals surface area contributed by atoms with Gasteiger partial charge < -0.3 is 10.1 Å². The maximum absolute atomic E-state index is 10.8. The number of nitrogens with zero attached hydrogens (tertiary/aromatic N) is 4. The van der Waals surface area contributed by atoms with Crippen LogP contribution in [0.2, 0.25) is 0 Å². The number of aliphatic hydroxyl groups is 1. The summed E-state index contributed by atoms with van der Waals surface area (Å²) in [6.45, 7) is 7.04. The van der Waals surface area contributed by atoms with E-state index in [0.717, 1.165) is 46.6 Å². The van der Waals surface area contributed by atoms with E-state index in [4.69, 9.17) is 0 Å². The van der Waals surface area contributed by atoms with Gasteiger partial charge in [0.05, 0.1) is 11.0 Å². The second-order valence-electron chi connectivity index (χ2n) is 7.64. The second kappa shape index (κ2) is 8.32. The van der Waals surface area contributed by atoms with Crippen LogP contribution in [0.1, 0.15) is 45.6 Å². The van der Waals surface area contributed by atoms with Gasteiger partial charge in [-0.25, -0.2) is 9.97 Å². The monoisotopic (exact) mass is 403 g/mol. The molecule has 1 aromatic carbocycles. The van der Waals surface area contributed by atoms with Gasteiger partial charge in [-0.2, -0.15) is 0 Å². The lowest BCUT2D eigenvalue weighted by Crippen LogP contribution is -2.30. The van der Waals surface area contributed by atoms with Gasteiger partial charge in [0.1, 0.15) is 12.0 Å². The van der Waals surface area contributed by atoms with Gasteiger partial charge in [-0.1, -0.05) is 45.0 Å². The van der Waals surface area contributed by atoms with Crippen molar-refractivity contribution in [3.63, 3.8) is 0 Å². The van der Waals surface area contributed by atoms with Gasteiger partial charge >= 0.3 is 0 Å². The Morgan fingerprint density at radius 2 is 1.73 bits per heavy atom. The molecule has 3 aromatic heterocycles. The summed E-state index contributed by atoms with van der Waals surface area (Å²) < 4.78 is 2.06. The average molecular weight is 404 g/mol. The van der Waals surface area contributed by atoms with Crippen LogP contribution in [0, 0.1) is 0 Å². The zero-order chi connectivity index (χ0) is 21.1. The van der Waals surface area contributed by atoms with E-state index in [9.17, 15) is 5.11 Å². The molecule has 0 bridgehead atoms. The molecule has 2 N–H and O–H groups in total. The summed E-state index contributed by atoms with van der Waals surface area (Å²) in [6, 6.07) is 14.3. The fourth-order valence-corrected chi connectivity index (χ4v) is 3.94. The minimum Gasteiger partial charge on any atom is -0.385 e. The molecule has 0 fully saturated rings. The maximum Gasteiger partial charge on any atom is 0.160 e. The molecule has 6 heteroatoms. The number of benzene rings is 1. The predicted molar refractivity (Wildman–Crippen MR) is 121 cm³/mol. The van der Waals surface area contributed by atoms with Crippen LogP contribution in [-0.4, -0.2) is 31.3 Å². The largest absolute Gasteiger partial charge is 0.385 e. The fraction of sp³-hybridized carbons (Fsp3) is 0.333. The summed E-state index contributed by atoms with van der Waals surface area (Å²) in [5, 5.41) is 13.9. The number of hydrogen-bond donors (Lipinski definition) is 2. The number of fused-ring (bicyclic) bond motifs is 1. The Balaban J connectivity index is 1.73. The zero-order valence-corrected chi connectivity index (χ0v) is 17.8. The molecule has 0 radical (unpaired) electrons. The number of H-pyrrole nitrogens is 1. The fourth-order valence-electron chi connectivity index (χ4n) is 3.94. The zero-order valence-electron chi connectivity index (χ0n) is 17.8. The first-order chi connectivity index (χ1) is 14.6. The van der Waals surface area contributed by atoms with Crippen LogP contribution in [-0.2, 0) is 5.60 Å². The summed E-state index contributed by atoms with van der Waals surface area (Å²) in [4.78, 5) is 12.5. The van der Waals surface area contributed by atoms with Crippen molar-refractivity contribution in [1.29, 1.82) is 0 Å². The number of hydrogen-bond acceptors (Lipinski definition) is 4. The van der Waals surface area contributed by atoms with Crippen LogP contribution in [0.4, 0.5) is 5.82 Å². The Morgan fingerprint density at radius 3 is 2.37 bits per heavy atom. The molecule has 0 saturated heterocycles. The highest BCUT2D eigenvalue weighted by molar-refractivity contribution is 5.91. The first-order valence-corrected chi connectivity index (χ1v) is 10.7. The molecule has 0 spiro atoms. The average Bonchev–Trinajstić information content (AvgIpc) is 3.47. The van der Waals surface area contributed by atoms with Crippen LogP contribution >= 0.6 is 0 Å². The van der Waals surface area contributed by atoms with Gasteiger partial charge in [-0.15, -0.1) is 0 Å². The van der Waals surface area contributed by atoms with Gasteiger partial charge in [-0.05, 0) is 48.6 Å². The van der Waals surface area contributed by atoms with E-state index in [0.29, 0.717) is 12.8 Å². The lowest BCUT2D eigenvalue weighted by molar-refractivity contribution is 0.0284. The lowest BCUT2D eigenvalue weighted by Gasteiger charge is -2.25. The van der Waals surface area contributed by atoms with Crippen molar-refractivity contribution in [3.8, 4) is 11.3 Å². The molecule has 0 aliphatic heterocycles. The molecule has 0 unspecified atom stereocenters. The van der Waals surface area contributed by atoms with Gasteiger partial charge in [0.15, 0.2) is 5.82 Å². The minimum atomic E-state index is -0.769. The van der Waals surface area contributed by atoms with E-state index in [2.05, 4.69) is 49.8 Å². The highest BCUT2D eigenvalue weighted by Gasteiger charge is 2.24. The molecule has 0 aliphatic carbocycles. The Labute approximate surface area is 177 Å². The summed E-state index contributed by atoms with van der Waals surface area (Å²) >= 11 is 0. The standard InChI is InChI=1S/C24H29N5O/c1-4-13-29(28-14-7-8-15-28)23-20-16-21(27-22(20)25-17-26-23)18-9-11-19(12-10-18)24(30,5-2)6-3/h7-12,14-17,30H,4-6,13H2,1-3H3,(H,25,26,27). The molecule has 0 atom stereocenters. The van der Waals surface area contributed by atoms with Crippen molar-refractivity contribution in [3.05, 3.63) is 66.7 Å². The summed E-state index contributed by atoms with van der Waals surface area (Å²) in [6.07, 6.45) is 8.05. The van der Waals surface area contributed by atoms with Crippen molar-refractivity contribution in [2.75, 3.05) is 11.6 Å². The van der Waals surface area contributed by atoms with Crippen LogP contribution < -0.4 is 5.01 Å². The van der Waals surface area contributed by atoms with Gasteiger partial charge in [0.25, 0.3) is 0 Å². The Morgan fingerprint density at radius 1 is 1.03 bits per heavy atom. The number of aromatic amines is 1. The molecular weight excluding hydrogens is 374 g/mol. The summed E-state index contributed by atoms with van der Waals surface area (Å²) in [5.41, 5.74) is 3.04. The smallest absolute Gasteiger partial charge is 0.160 e. The van der Waals surface area contributed by atoms with E-state index < -0.39 is 5.60 Å². The molecule has 4 aromatic rings. The first-order valence-electron chi connectivity index (χ1n) is 10.7. The summed E-state index contributed by atoms with van der Waals surface area (Å²) in [5.74, 6) is 0.878. The van der Waals surface area contributed by atoms with Crippen molar-refractivity contribution in [2.24, 2.45) is 0 Å². The van der Waals surface area contributed by atoms with Crippen molar-refractivity contribution < 1.29 is 5.11 Å². The quantitative estimate of drug-likeness (QED) is 0.429. The predicted octanol–water partition coefficient (Wildman–Crippen LogP) is 5.11. The van der Waals surface area contributed by atoms with Gasteiger partial charge in [0.2, 0.25) is 0 Å². The number of anilines is 1. The van der Waals surface area contributed by atoms with Crippen molar-refractivity contribution in [1.82, 2.24) is 19.6 Å². The summed E-state index contributed by atoms with van der Waals surface area (Å²) in [7, 11) is 0. The third kappa shape index (κ3) is 3.59. The van der Waals surface area contributed by atoms with Crippen molar-refractivity contribution in [2.45, 2.75) is 45.6 Å². The molecule has 30 heavy (non-hydrogen) atoms. The lowest BCUT2D eigenvalue weighted by atomic mass is 9.88. The number of rotatable bonds is 8. The Bertz CT molecular complexity index is 1090. The molecule has 156 valence electrons. The minimum absolute atomic E-state index is 0.695. The molecule has 6 nitrogen and oxygen atoms in total. The number of nitrogens with one attached hydrogen (secondary N) is 1. The first kappa shape index (κ1) is 20.2. The molecular formula is C24H29N5O. The molecule has 0 saturated carbocycles. The third-order valence-corrected chi connectivity index (χ3v) is 5.86. The van der Waals surface area contributed by atoms with Crippen LogP contribution in [0.25, 0.3) is 22.3 Å². The van der Waals surface area contributed by atoms with Crippen LogP contribution in [0.15, 0.2) is 61.2 Å². The van der Waals surface area contributed by atoms with Crippen LogP contribution in [0.5, 0.6) is 0 Å². The second-order valence-corrected chi connectivity index (χ2v) is 7.64. The molecule has 3 heterocycles. The van der Waals surface area contributed by atoms with Crippen LogP contribution in [0.3, 0.4) is 0 Å². The number of aromatic nitrogens is 4. The maximum atomic E-state index is 10.8. The van der Waals surface area contributed by atoms with Gasteiger partial charge in [-0.3, -0.25) is 9.69 Å². The molecule has 0 amide bonds. The van der Waals surface area contributed by atoms with E-state index in [1.165, 1.54) is 0 Å². The highest BCUT2D eigenvalue weighted by atomic mass is 16.3. The molecule has 0 aliphatic rings. The highest BCUT2D eigenvalue weighted by Crippen LogP contribution is 2.32. The topological polar surface area (TPSA) is 70.0 Å². The van der Waals surface area contributed by atoms with Crippen molar-refractivity contribution >= 4 is 16.9 Å². The molecule has 4 rings (SSSR count). The SMILES string of the molecule is CCCN(c1ncnc2[nH]c(-c3ccc(C(O)(CC)CC)cc3)cc12)n1cccc1.